The Morgan fingerprint density at radius 2 is 1.94 bits per heavy atom. The van der Waals surface area contributed by atoms with Crippen molar-refractivity contribution in [3.05, 3.63) is 76.5 Å². The van der Waals surface area contributed by atoms with Gasteiger partial charge in [-0.3, -0.25) is 14.9 Å². The lowest BCUT2D eigenvalue weighted by atomic mass is 10.2. The third kappa shape index (κ3) is 5.27. The minimum Gasteiger partial charge on any atom is -0.497 e. The van der Waals surface area contributed by atoms with E-state index in [1.54, 1.807) is 18.6 Å². The number of methoxy groups -OCH3 is 1. The number of benzene rings is 2. The normalized spacial score (nSPS) is 13.0. The van der Waals surface area contributed by atoms with E-state index in [1.165, 1.54) is 29.5 Å². The number of nitrogens with zero attached hydrogens (tertiary/aromatic N) is 2. The van der Waals surface area contributed by atoms with Crippen LogP contribution in [0, 0.1) is 5.82 Å². The van der Waals surface area contributed by atoms with Crippen LogP contribution in [-0.2, 0) is 17.8 Å². The van der Waals surface area contributed by atoms with Gasteiger partial charge in [-0.05, 0) is 42.7 Å². The predicted octanol–water partition coefficient (Wildman–Crippen LogP) is 4.28. The lowest BCUT2D eigenvalue weighted by Gasteiger charge is -2.22. The number of thiazole rings is 1. The van der Waals surface area contributed by atoms with Gasteiger partial charge in [-0.25, -0.2) is 9.37 Å². The molecule has 0 atom stereocenters. The summed E-state index contributed by atoms with van der Waals surface area (Å²) in [6, 6.07) is 13.7. The van der Waals surface area contributed by atoms with Gasteiger partial charge in [-0.2, -0.15) is 0 Å². The highest BCUT2D eigenvalue weighted by atomic mass is 32.1. The first kappa shape index (κ1) is 21.0. The molecule has 1 aliphatic rings. The van der Waals surface area contributed by atoms with E-state index in [4.69, 9.17) is 4.74 Å². The van der Waals surface area contributed by atoms with Gasteiger partial charge in [0.2, 0.25) is 5.91 Å². The number of halogens is 1. The molecule has 0 radical (unpaired) electrons. The minimum atomic E-state index is -0.592. The summed E-state index contributed by atoms with van der Waals surface area (Å²) in [5.41, 5.74) is 1.58. The molecule has 1 aliphatic carbocycles. The van der Waals surface area contributed by atoms with Crippen LogP contribution in [0.15, 0.2) is 53.9 Å². The SMILES string of the molecule is COc1ccc(CN(C(=O)Cc2csc(NC(=O)c3ccccc3F)n2)C2CC2)cc1. The molecule has 8 heteroatoms. The number of carbonyl (C=O) groups is 2. The van der Waals surface area contributed by atoms with Crippen molar-refractivity contribution in [2.24, 2.45) is 0 Å². The van der Waals surface area contributed by atoms with Crippen molar-refractivity contribution in [1.29, 1.82) is 0 Å². The second kappa shape index (κ2) is 9.26. The molecular weight excluding hydrogens is 417 g/mol. The topological polar surface area (TPSA) is 71.5 Å². The lowest BCUT2D eigenvalue weighted by Crippen LogP contribution is -2.33. The van der Waals surface area contributed by atoms with Gasteiger partial charge < -0.3 is 9.64 Å². The summed E-state index contributed by atoms with van der Waals surface area (Å²) >= 11 is 1.21. The number of aromatic nitrogens is 1. The summed E-state index contributed by atoms with van der Waals surface area (Å²) in [6.07, 6.45) is 2.16. The van der Waals surface area contributed by atoms with Gasteiger partial charge in [-0.15, -0.1) is 11.3 Å². The van der Waals surface area contributed by atoms with E-state index in [1.807, 2.05) is 29.2 Å². The Morgan fingerprint density at radius 1 is 1.19 bits per heavy atom. The number of carbonyl (C=O) groups excluding carboxylic acids is 2. The van der Waals surface area contributed by atoms with Crippen LogP contribution in [-0.4, -0.2) is 34.8 Å². The molecule has 1 heterocycles. The number of rotatable bonds is 8. The summed E-state index contributed by atoms with van der Waals surface area (Å²) in [6.45, 7) is 0.536. The van der Waals surface area contributed by atoms with Crippen molar-refractivity contribution in [1.82, 2.24) is 9.88 Å². The zero-order valence-corrected chi connectivity index (χ0v) is 17.8. The van der Waals surface area contributed by atoms with Gasteiger partial charge in [0.25, 0.3) is 5.91 Å². The summed E-state index contributed by atoms with van der Waals surface area (Å²) in [4.78, 5) is 31.4. The van der Waals surface area contributed by atoms with E-state index >= 15 is 0 Å². The first-order valence-electron chi connectivity index (χ1n) is 9.96. The zero-order valence-electron chi connectivity index (χ0n) is 17.0. The summed E-state index contributed by atoms with van der Waals surface area (Å²) < 4.78 is 19.0. The largest absolute Gasteiger partial charge is 0.497 e. The quantitative estimate of drug-likeness (QED) is 0.569. The van der Waals surface area contributed by atoms with Crippen LogP contribution in [0.3, 0.4) is 0 Å². The van der Waals surface area contributed by atoms with E-state index in [0.717, 1.165) is 24.2 Å². The van der Waals surface area contributed by atoms with Crippen molar-refractivity contribution < 1.29 is 18.7 Å². The van der Waals surface area contributed by atoms with E-state index in [9.17, 15) is 14.0 Å². The Kier molecular flexibility index (Phi) is 6.27. The zero-order chi connectivity index (χ0) is 21.8. The smallest absolute Gasteiger partial charge is 0.260 e. The standard InChI is InChI=1S/C23H22FN3O3S/c1-30-18-10-6-15(7-11-18)13-27(17-8-9-17)21(28)12-16-14-31-23(25-16)26-22(29)19-4-2-3-5-20(19)24/h2-7,10-11,14,17H,8-9,12-13H2,1H3,(H,25,26,29). The van der Waals surface area contributed by atoms with E-state index in [0.29, 0.717) is 17.4 Å². The predicted molar refractivity (Wildman–Crippen MR) is 117 cm³/mol. The number of hydrogen-bond donors (Lipinski definition) is 1. The Bertz CT molecular complexity index is 1080. The molecule has 2 amide bonds. The minimum absolute atomic E-state index is 0.00408. The van der Waals surface area contributed by atoms with Gasteiger partial charge in [0.1, 0.15) is 11.6 Å². The number of nitrogens with one attached hydrogen (secondary N) is 1. The highest BCUT2D eigenvalue weighted by molar-refractivity contribution is 7.14. The van der Waals surface area contributed by atoms with Crippen molar-refractivity contribution in [2.45, 2.75) is 31.8 Å². The first-order chi connectivity index (χ1) is 15.0. The van der Waals surface area contributed by atoms with E-state index < -0.39 is 11.7 Å². The molecule has 1 aromatic heterocycles. The molecule has 6 nitrogen and oxygen atoms in total. The molecule has 3 aromatic rings. The van der Waals surface area contributed by atoms with Gasteiger partial charge >= 0.3 is 0 Å². The van der Waals surface area contributed by atoms with Crippen LogP contribution in [0.2, 0.25) is 0 Å². The van der Waals surface area contributed by atoms with Crippen LogP contribution in [0.25, 0.3) is 0 Å². The maximum atomic E-state index is 13.8. The Labute approximate surface area is 183 Å². The fourth-order valence-corrected chi connectivity index (χ4v) is 3.95. The molecule has 0 unspecified atom stereocenters. The van der Waals surface area contributed by atoms with Crippen molar-refractivity contribution >= 4 is 28.3 Å². The van der Waals surface area contributed by atoms with Crippen LogP contribution >= 0.6 is 11.3 Å². The maximum Gasteiger partial charge on any atom is 0.260 e. The van der Waals surface area contributed by atoms with Gasteiger partial charge in [0, 0.05) is 18.0 Å². The molecule has 160 valence electrons. The number of amides is 2. The van der Waals surface area contributed by atoms with Crippen LogP contribution < -0.4 is 10.1 Å². The van der Waals surface area contributed by atoms with E-state index in [-0.39, 0.29) is 23.9 Å². The fraction of sp³-hybridized carbons (Fsp3) is 0.261. The molecule has 0 saturated heterocycles. The Morgan fingerprint density at radius 3 is 2.61 bits per heavy atom. The van der Waals surface area contributed by atoms with Gasteiger partial charge in [0.15, 0.2) is 5.13 Å². The molecule has 0 bridgehead atoms. The maximum absolute atomic E-state index is 13.8. The molecular formula is C23H22FN3O3S. The third-order valence-corrected chi connectivity index (χ3v) is 5.85. The second-order valence-electron chi connectivity index (χ2n) is 7.36. The molecule has 2 aromatic carbocycles. The Balaban J connectivity index is 1.38. The number of anilines is 1. The highest BCUT2D eigenvalue weighted by Crippen LogP contribution is 2.29. The first-order valence-corrected chi connectivity index (χ1v) is 10.8. The molecule has 31 heavy (non-hydrogen) atoms. The van der Waals surface area contributed by atoms with Crippen molar-refractivity contribution in [3.63, 3.8) is 0 Å². The monoisotopic (exact) mass is 439 g/mol. The molecule has 0 aliphatic heterocycles. The van der Waals surface area contributed by atoms with Gasteiger partial charge in [0.05, 0.1) is 24.8 Å². The molecule has 4 rings (SSSR count). The van der Waals surface area contributed by atoms with E-state index in [2.05, 4.69) is 10.3 Å². The fourth-order valence-electron chi connectivity index (χ4n) is 3.25. The average molecular weight is 440 g/mol. The Hall–Kier alpha value is -3.26. The van der Waals surface area contributed by atoms with Gasteiger partial charge in [-0.1, -0.05) is 24.3 Å². The molecule has 1 fully saturated rings. The number of hydrogen-bond acceptors (Lipinski definition) is 5. The summed E-state index contributed by atoms with van der Waals surface area (Å²) in [5.74, 6) is -0.383. The highest BCUT2D eigenvalue weighted by Gasteiger charge is 2.32. The third-order valence-electron chi connectivity index (χ3n) is 5.04. The molecule has 1 saturated carbocycles. The van der Waals surface area contributed by atoms with Crippen LogP contribution in [0.5, 0.6) is 5.75 Å². The summed E-state index contributed by atoms with van der Waals surface area (Å²) in [5, 5.41) is 4.68. The average Bonchev–Trinajstić information content (AvgIpc) is 3.52. The molecule has 1 N–H and O–H groups in total. The molecule has 0 spiro atoms. The summed E-state index contributed by atoms with van der Waals surface area (Å²) in [7, 11) is 1.62. The second-order valence-corrected chi connectivity index (χ2v) is 8.21. The van der Waals surface area contributed by atoms with Crippen molar-refractivity contribution in [2.75, 3.05) is 12.4 Å². The van der Waals surface area contributed by atoms with Crippen molar-refractivity contribution in [3.8, 4) is 5.75 Å². The lowest BCUT2D eigenvalue weighted by molar-refractivity contribution is -0.131. The van der Waals surface area contributed by atoms with Crippen LogP contribution in [0.1, 0.15) is 34.5 Å². The van der Waals surface area contributed by atoms with Crippen LogP contribution in [0.4, 0.5) is 9.52 Å². The number of ether oxygens (including phenoxy) is 1.